The number of benzene rings is 2. The number of hydrogen-bond donors (Lipinski definition) is 1. The third-order valence-electron chi connectivity index (χ3n) is 4.33. The number of amides is 2. The monoisotopic (exact) mass is 460 g/mol. The predicted molar refractivity (Wildman–Crippen MR) is 115 cm³/mol. The molecule has 1 atom stereocenters. The van der Waals surface area contributed by atoms with Crippen molar-refractivity contribution in [3.05, 3.63) is 67.6 Å². The van der Waals surface area contributed by atoms with E-state index >= 15 is 0 Å². The molecule has 0 fully saturated rings. The summed E-state index contributed by atoms with van der Waals surface area (Å²) in [4.78, 5) is 27.0. The molecule has 0 aliphatic heterocycles. The molecule has 0 spiro atoms. The van der Waals surface area contributed by atoms with Gasteiger partial charge in [-0.1, -0.05) is 65.5 Å². The molecule has 0 heterocycles. The Kier molecular flexibility index (Phi) is 8.44. The lowest BCUT2D eigenvalue weighted by molar-refractivity contribution is -0.140. The Labute approximate surface area is 184 Å². The van der Waals surface area contributed by atoms with Crippen molar-refractivity contribution in [2.24, 2.45) is 0 Å². The Balaban J connectivity index is 2.34. The quantitative estimate of drug-likeness (QED) is 0.600. The molecule has 0 saturated carbocycles. The molecular formula is C20H20Cl4N2O2. The van der Waals surface area contributed by atoms with Crippen molar-refractivity contribution in [2.45, 2.75) is 32.4 Å². The van der Waals surface area contributed by atoms with Crippen LogP contribution >= 0.6 is 46.4 Å². The Hall–Kier alpha value is -1.46. The number of nitrogens with zero attached hydrogens (tertiary/aromatic N) is 1. The van der Waals surface area contributed by atoms with Gasteiger partial charge in [-0.15, -0.1) is 0 Å². The largest absolute Gasteiger partial charge is 0.357 e. The lowest BCUT2D eigenvalue weighted by atomic mass is 10.1. The average molecular weight is 462 g/mol. The zero-order chi connectivity index (χ0) is 20.8. The maximum absolute atomic E-state index is 13.1. The first-order chi connectivity index (χ1) is 13.3. The third-order valence-corrected chi connectivity index (χ3v) is 5.65. The molecule has 8 heteroatoms. The van der Waals surface area contributed by atoms with E-state index in [1.54, 1.807) is 43.4 Å². The fourth-order valence-corrected chi connectivity index (χ4v) is 3.65. The van der Waals surface area contributed by atoms with Gasteiger partial charge in [0, 0.05) is 23.6 Å². The summed E-state index contributed by atoms with van der Waals surface area (Å²) in [6.07, 6.45) is 0.506. The first kappa shape index (κ1) is 22.8. The van der Waals surface area contributed by atoms with Crippen molar-refractivity contribution >= 4 is 58.2 Å². The number of likely N-dealkylation sites (N-methyl/N-ethyl adjacent to an activating group) is 1. The molecule has 2 aromatic carbocycles. The fraction of sp³-hybridized carbons (Fsp3) is 0.300. The molecular weight excluding hydrogens is 442 g/mol. The van der Waals surface area contributed by atoms with Crippen LogP contribution < -0.4 is 5.32 Å². The molecule has 2 amide bonds. The fourth-order valence-electron chi connectivity index (χ4n) is 2.85. The van der Waals surface area contributed by atoms with Gasteiger partial charge in [0.25, 0.3) is 0 Å². The number of carbonyl (C=O) groups excluding carboxylic acids is 2. The van der Waals surface area contributed by atoms with E-state index in [4.69, 9.17) is 46.4 Å². The minimum Gasteiger partial charge on any atom is -0.357 e. The molecule has 0 saturated heterocycles. The highest BCUT2D eigenvalue weighted by Gasteiger charge is 2.28. The van der Waals surface area contributed by atoms with E-state index in [-0.39, 0.29) is 24.8 Å². The first-order valence-electron chi connectivity index (χ1n) is 8.65. The summed E-state index contributed by atoms with van der Waals surface area (Å²) in [7, 11) is 1.54. The van der Waals surface area contributed by atoms with Gasteiger partial charge in [-0.05, 0) is 41.8 Å². The van der Waals surface area contributed by atoms with E-state index in [2.05, 4.69) is 5.32 Å². The van der Waals surface area contributed by atoms with Crippen LogP contribution in [0.2, 0.25) is 20.1 Å². The van der Waals surface area contributed by atoms with Crippen molar-refractivity contribution in [1.29, 1.82) is 0 Å². The number of hydrogen-bond acceptors (Lipinski definition) is 2. The zero-order valence-electron chi connectivity index (χ0n) is 15.4. The van der Waals surface area contributed by atoms with E-state index in [1.807, 2.05) is 6.92 Å². The smallest absolute Gasteiger partial charge is 0.242 e. The summed E-state index contributed by atoms with van der Waals surface area (Å²) in [6, 6.07) is 9.48. The second-order valence-corrected chi connectivity index (χ2v) is 7.88. The third kappa shape index (κ3) is 5.77. The van der Waals surface area contributed by atoms with Gasteiger partial charge in [0.05, 0.1) is 16.5 Å². The predicted octanol–water partition coefficient (Wildman–Crippen LogP) is 5.40. The van der Waals surface area contributed by atoms with Gasteiger partial charge < -0.3 is 10.2 Å². The molecule has 28 heavy (non-hydrogen) atoms. The van der Waals surface area contributed by atoms with Gasteiger partial charge in [-0.25, -0.2) is 0 Å². The van der Waals surface area contributed by atoms with E-state index in [0.29, 0.717) is 32.1 Å². The van der Waals surface area contributed by atoms with Gasteiger partial charge in [0.1, 0.15) is 6.04 Å². The molecule has 2 aromatic rings. The van der Waals surface area contributed by atoms with E-state index in [9.17, 15) is 9.59 Å². The molecule has 2 rings (SSSR count). The normalized spacial score (nSPS) is 11.8. The molecule has 0 bridgehead atoms. The van der Waals surface area contributed by atoms with Crippen LogP contribution in [0.3, 0.4) is 0 Å². The maximum Gasteiger partial charge on any atom is 0.242 e. The highest BCUT2D eigenvalue weighted by atomic mass is 35.5. The maximum atomic E-state index is 13.1. The van der Waals surface area contributed by atoms with Gasteiger partial charge in [-0.3, -0.25) is 9.59 Å². The Morgan fingerprint density at radius 1 is 1.00 bits per heavy atom. The Bertz CT molecular complexity index is 873. The summed E-state index contributed by atoms with van der Waals surface area (Å²) in [6.45, 7) is 2.07. The molecule has 4 nitrogen and oxygen atoms in total. The van der Waals surface area contributed by atoms with E-state index in [1.165, 1.54) is 4.90 Å². The summed E-state index contributed by atoms with van der Waals surface area (Å²) >= 11 is 24.2. The summed E-state index contributed by atoms with van der Waals surface area (Å²) in [5, 5.41) is 4.33. The van der Waals surface area contributed by atoms with Crippen LogP contribution in [0.1, 0.15) is 24.5 Å². The zero-order valence-corrected chi connectivity index (χ0v) is 18.5. The molecule has 150 valence electrons. The Morgan fingerprint density at radius 3 is 2.29 bits per heavy atom. The molecule has 1 N–H and O–H groups in total. The number of halogens is 4. The van der Waals surface area contributed by atoms with Crippen LogP contribution in [0.4, 0.5) is 0 Å². The van der Waals surface area contributed by atoms with Crippen LogP contribution in [0.15, 0.2) is 36.4 Å². The van der Waals surface area contributed by atoms with Gasteiger partial charge >= 0.3 is 0 Å². The van der Waals surface area contributed by atoms with Gasteiger partial charge in [-0.2, -0.15) is 0 Å². The SMILES string of the molecule is CC[C@H](C(=O)NC)N(Cc1ccc(Cl)c(Cl)c1)C(=O)Cc1ccc(Cl)cc1Cl. The Morgan fingerprint density at radius 2 is 1.71 bits per heavy atom. The highest BCUT2D eigenvalue weighted by Crippen LogP contribution is 2.25. The minimum absolute atomic E-state index is 0.0464. The summed E-state index contributed by atoms with van der Waals surface area (Å²) in [5.74, 6) is -0.469. The van der Waals surface area contributed by atoms with Crippen LogP contribution in [-0.2, 0) is 22.6 Å². The molecule has 0 unspecified atom stereocenters. The average Bonchev–Trinajstić information content (AvgIpc) is 2.66. The van der Waals surface area contributed by atoms with Crippen LogP contribution in [0.25, 0.3) is 0 Å². The standard InChI is InChI=1S/C20H20Cl4N2O2/c1-3-18(20(28)25-2)26(11-12-4-7-15(22)17(24)8-12)19(27)9-13-5-6-14(21)10-16(13)23/h4-8,10,18H,3,9,11H2,1-2H3,(H,25,28)/t18-/m1/s1. The van der Waals surface area contributed by atoms with Crippen LogP contribution in [-0.4, -0.2) is 29.8 Å². The topological polar surface area (TPSA) is 49.4 Å². The van der Waals surface area contributed by atoms with Crippen LogP contribution in [0, 0.1) is 0 Å². The molecule has 0 radical (unpaired) electrons. The molecule has 0 aromatic heterocycles. The van der Waals surface area contributed by atoms with Crippen molar-refractivity contribution < 1.29 is 9.59 Å². The van der Waals surface area contributed by atoms with E-state index in [0.717, 1.165) is 5.56 Å². The van der Waals surface area contributed by atoms with Gasteiger partial charge in [0.2, 0.25) is 11.8 Å². The minimum atomic E-state index is -0.627. The first-order valence-corrected chi connectivity index (χ1v) is 10.2. The van der Waals surface area contributed by atoms with Crippen LogP contribution in [0.5, 0.6) is 0 Å². The summed E-state index contributed by atoms with van der Waals surface area (Å²) < 4.78 is 0. The highest BCUT2D eigenvalue weighted by molar-refractivity contribution is 6.42. The summed E-state index contributed by atoms with van der Waals surface area (Å²) in [5.41, 5.74) is 1.41. The van der Waals surface area contributed by atoms with Gasteiger partial charge in [0.15, 0.2) is 0 Å². The van der Waals surface area contributed by atoms with Crippen molar-refractivity contribution in [2.75, 3.05) is 7.05 Å². The molecule has 0 aliphatic carbocycles. The van der Waals surface area contributed by atoms with Crippen molar-refractivity contribution in [3.8, 4) is 0 Å². The second-order valence-electron chi connectivity index (χ2n) is 6.22. The second kappa shape index (κ2) is 10.4. The van der Waals surface area contributed by atoms with Crippen molar-refractivity contribution in [1.82, 2.24) is 10.2 Å². The van der Waals surface area contributed by atoms with Crippen molar-refractivity contribution in [3.63, 3.8) is 0 Å². The number of nitrogens with one attached hydrogen (secondary N) is 1. The number of carbonyl (C=O) groups is 2. The lowest BCUT2D eigenvalue weighted by Gasteiger charge is -2.30. The number of rotatable bonds is 7. The van der Waals surface area contributed by atoms with E-state index < -0.39 is 6.04 Å². The molecule has 0 aliphatic rings. The lowest BCUT2D eigenvalue weighted by Crippen LogP contribution is -2.48.